The van der Waals surface area contributed by atoms with Gasteiger partial charge in [-0.2, -0.15) is 0 Å². The summed E-state index contributed by atoms with van der Waals surface area (Å²) in [6, 6.07) is 8.91. The van der Waals surface area contributed by atoms with E-state index < -0.39 is 0 Å². The number of rotatable bonds is 1. The number of nitrogens with one attached hydrogen (secondary N) is 1. The third-order valence-corrected chi connectivity index (χ3v) is 4.60. The van der Waals surface area contributed by atoms with Gasteiger partial charge in [-0.15, -0.1) is 0 Å². The molecule has 0 radical (unpaired) electrons. The standard InChI is InChI=1S/C16H23NO/c1-15(2)8-9-16(11-15)10-13(17-3)12-6-4-5-7-14(12)18-16/h4-7,13,17H,8-11H2,1-3H3. The normalized spacial score (nSPS) is 33.2. The number of para-hydroxylation sites is 1. The van der Waals surface area contributed by atoms with Crippen molar-refractivity contribution in [1.29, 1.82) is 0 Å². The summed E-state index contributed by atoms with van der Waals surface area (Å²) < 4.78 is 6.41. The zero-order chi connectivity index (χ0) is 12.8. The highest BCUT2D eigenvalue weighted by Crippen LogP contribution is 2.52. The van der Waals surface area contributed by atoms with E-state index in [2.05, 4.69) is 50.5 Å². The molecule has 0 amide bonds. The van der Waals surface area contributed by atoms with Gasteiger partial charge in [0.15, 0.2) is 0 Å². The molecule has 1 aromatic carbocycles. The maximum atomic E-state index is 6.41. The van der Waals surface area contributed by atoms with Crippen LogP contribution in [0.4, 0.5) is 0 Å². The van der Waals surface area contributed by atoms with Crippen LogP contribution in [-0.4, -0.2) is 12.6 Å². The molecule has 1 saturated carbocycles. The summed E-state index contributed by atoms with van der Waals surface area (Å²) in [5, 5.41) is 3.46. The lowest BCUT2D eigenvalue weighted by Gasteiger charge is -2.40. The maximum Gasteiger partial charge on any atom is 0.124 e. The average molecular weight is 245 g/mol. The van der Waals surface area contributed by atoms with Crippen molar-refractivity contribution in [2.75, 3.05) is 7.05 Å². The van der Waals surface area contributed by atoms with E-state index in [4.69, 9.17) is 4.74 Å². The number of hydrogen-bond acceptors (Lipinski definition) is 2. The van der Waals surface area contributed by atoms with Gasteiger partial charge in [-0.3, -0.25) is 0 Å². The Labute approximate surface area is 110 Å². The molecule has 18 heavy (non-hydrogen) atoms. The Kier molecular flexibility index (Phi) is 2.67. The fourth-order valence-corrected chi connectivity index (χ4v) is 3.75. The number of benzene rings is 1. The van der Waals surface area contributed by atoms with Gasteiger partial charge in [0.05, 0.1) is 0 Å². The van der Waals surface area contributed by atoms with Gasteiger partial charge in [-0.25, -0.2) is 0 Å². The van der Waals surface area contributed by atoms with Crippen LogP contribution in [0.25, 0.3) is 0 Å². The van der Waals surface area contributed by atoms with Crippen molar-refractivity contribution in [2.45, 2.75) is 51.2 Å². The van der Waals surface area contributed by atoms with Gasteiger partial charge >= 0.3 is 0 Å². The zero-order valence-electron chi connectivity index (χ0n) is 11.6. The Morgan fingerprint density at radius 2 is 2.00 bits per heavy atom. The number of fused-ring (bicyclic) bond motifs is 1. The van der Waals surface area contributed by atoms with Gasteiger partial charge in [-0.1, -0.05) is 32.0 Å². The SMILES string of the molecule is CNC1CC2(CCC(C)(C)C2)Oc2ccccc21. The fraction of sp³-hybridized carbons (Fsp3) is 0.625. The van der Waals surface area contributed by atoms with E-state index in [9.17, 15) is 0 Å². The second-order valence-electron chi connectivity index (χ2n) is 6.71. The van der Waals surface area contributed by atoms with Crippen LogP contribution >= 0.6 is 0 Å². The molecule has 1 N–H and O–H groups in total. The van der Waals surface area contributed by atoms with Crippen molar-refractivity contribution < 1.29 is 4.74 Å². The van der Waals surface area contributed by atoms with Crippen LogP contribution in [0, 0.1) is 5.41 Å². The highest BCUT2D eigenvalue weighted by atomic mass is 16.5. The molecule has 0 bridgehead atoms. The molecule has 1 aliphatic heterocycles. The first-order valence-corrected chi connectivity index (χ1v) is 6.99. The van der Waals surface area contributed by atoms with E-state index in [0.29, 0.717) is 11.5 Å². The minimum absolute atomic E-state index is 0.0610. The van der Waals surface area contributed by atoms with E-state index in [1.807, 2.05) is 0 Å². The number of hydrogen-bond donors (Lipinski definition) is 1. The first kappa shape index (κ1) is 12.0. The summed E-state index contributed by atoms with van der Waals surface area (Å²) in [5.41, 5.74) is 1.80. The summed E-state index contributed by atoms with van der Waals surface area (Å²) >= 11 is 0. The molecule has 2 atom stereocenters. The van der Waals surface area contributed by atoms with Gasteiger partial charge in [-0.05, 0) is 37.8 Å². The molecule has 98 valence electrons. The van der Waals surface area contributed by atoms with Crippen molar-refractivity contribution in [1.82, 2.24) is 5.32 Å². The Bertz CT molecular complexity index is 454. The fourth-order valence-electron chi connectivity index (χ4n) is 3.75. The topological polar surface area (TPSA) is 21.3 Å². The van der Waals surface area contributed by atoms with Crippen LogP contribution in [0.15, 0.2) is 24.3 Å². The van der Waals surface area contributed by atoms with Crippen molar-refractivity contribution >= 4 is 0 Å². The molecule has 1 spiro atoms. The van der Waals surface area contributed by atoms with E-state index in [1.165, 1.54) is 24.8 Å². The molecule has 1 fully saturated rings. The largest absolute Gasteiger partial charge is 0.487 e. The van der Waals surface area contributed by atoms with Crippen LogP contribution < -0.4 is 10.1 Å². The third-order valence-electron chi connectivity index (χ3n) is 4.60. The summed E-state index contributed by atoms with van der Waals surface area (Å²) in [6.45, 7) is 4.72. The van der Waals surface area contributed by atoms with Gasteiger partial charge in [0.2, 0.25) is 0 Å². The van der Waals surface area contributed by atoms with Crippen molar-refractivity contribution in [3.8, 4) is 5.75 Å². The summed E-state index contributed by atoms with van der Waals surface area (Å²) in [6.07, 6.45) is 4.73. The van der Waals surface area contributed by atoms with E-state index >= 15 is 0 Å². The second kappa shape index (κ2) is 3.99. The molecule has 1 aliphatic carbocycles. The van der Waals surface area contributed by atoms with Crippen LogP contribution in [0.3, 0.4) is 0 Å². The number of ether oxygens (including phenoxy) is 1. The Morgan fingerprint density at radius 3 is 2.67 bits per heavy atom. The average Bonchev–Trinajstić information content (AvgIpc) is 2.63. The van der Waals surface area contributed by atoms with Crippen LogP contribution in [0.5, 0.6) is 5.75 Å². The lowest BCUT2D eigenvalue weighted by molar-refractivity contribution is 0.0288. The quantitative estimate of drug-likeness (QED) is 0.815. The highest BCUT2D eigenvalue weighted by Gasteiger charge is 2.48. The molecule has 2 nitrogen and oxygen atoms in total. The van der Waals surface area contributed by atoms with Crippen LogP contribution in [0.2, 0.25) is 0 Å². The molecule has 0 aromatic heterocycles. The van der Waals surface area contributed by atoms with Crippen LogP contribution in [0.1, 0.15) is 51.1 Å². The lowest BCUT2D eigenvalue weighted by Crippen LogP contribution is -2.42. The molecular formula is C16H23NO. The summed E-state index contributed by atoms with van der Waals surface area (Å²) in [4.78, 5) is 0. The van der Waals surface area contributed by atoms with Gasteiger partial charge in [0.1, 0.15) is 11.4 Å². The van der Waals surface area contributed by atoms with Crippen molar-refractivity contribution in [3.05, 3.63) is 29.8 Å². The van der Waals surface area contributed by atoms with E-state index in [1.54, 1.807) is 0 Å². The van der Waals surface area contributed by atoms with Gasteiger partial charge in [0.25, 0.3) is 0 Å². The first-order chi connectivity index (χ1) is 8.54. The van der Waals surface area contributed by atoms with Gasteiger partial charge < -0.3 is 10.1 Å². The van der Waals surface area contributed by atoms with Crippen LogP contribution in [-0.2, 0) is 0 Å². The molecule has 1 heterocycles. The molecule has 0 saturated heterocycles. The predicted octanol–water partition coefficient (Wildman–Crippen LogP) is 3.68. The first-order valence-electron chi connectivity index (χ1n) is 6.99. The summed E-state index contributed by atoms with van der Waals surface area (Å²) in [7, 11) is 2.06. The molecule has 2 heteroatoms. The molecule has 2 aliphatic rings. The molecule has 3 rings (SSSR count). The minimum Gasteiger partial charge on any atom is -0.487 e. The molecule has 2 unspecified atom stereocenters. The minimum atomic E-state index is 0.0610. The molecule has 1 aromatic rings. The predicted molar refractivity (Wildman–Crippen MR) is 73.9 cm³/mol. The Balaban J connectivity index is 1.95. The van der Waals surface area contributed by atoms with Crippen molar-refractivity contribution in [3.63, 3.8) is 0 Å². The highest BCUT2D eigenvalue weighted by molar-refractivity contribution is 5.39. The van der Waals surface area contributed by atoms with Gasteiger partial charge in [0, 0.05) is 18.0 Å². The zero-order valence-corrected chi connectivity index (χ0v) is 11.6. The van der Waals surface area contributed by atoms with E-state index in [-0.39, 0.29) is 5.60 Å². The smallest absolute Gasteiger partial charge is 0.124 e. The Morgan fingerprint density at radius 1 is 1.22 bits per heavy atom. The lowest BCUT2D eigenvalue weighted by atomic mass is 9.82. The van der Waals surface area contributed by atoms with E-state index in [0.717, 1.165) is 12.2 Å². The van der Waals surface area contributed by atoms with Crippen molar-refractivity contribution in [2.24, 2.45) is 5.41 Å². The third kappa shape index (κ3) is 1.93. The Hall–Kier alpha value is -1.02. The maximum absolute atomic E-state index is 6.41. The second-order valence-corrected chi connectivity index (χ2v) is 6.71. The monoisotopic (exact) mass is 245 g/mol. The molecular weight excluding hydrogens is 222 g/mol. The summed E-state index contributed by atoms with van der Waals surface area (Å²) in [5.74, 6) is 1.08.